The topological polar surface area (TPSA) is 71.8 Å². The molecule has 0 aromatic carbocycles. The molecule has 1 aliphatic rings. The van der Waals surface area contributed by atoms with E-state index in [2.05, 4.69) is 0 Å². The summed E-state index contributed by atoms with van der Waals surface area (Å²) >= 11 is 0. The third-order valence-corrected chi connectivity index (χ3v) is 5.51. The molecule has 0 aliphatic carbocycles. The van der Waals surface area contributed by atoms with E-state index in [9.17, 15) is 13.5 Å². The average molecular weight is 316 g/mol. The van der Waals surface area contributed by atoms with Gasteiger partial charge >= 0.3 is 0 Å². The lowest BCUT2D eigenvalue weighted by atomic mass is 10.3. The second-order valence-electron chi connectivity index (χ2n) is 5.72. The molecule has 1 aliphatic heterocycles. The predicted octanol–water partition coefficient (Wildman–Crippen LogP) is 1.36. The van der Waals surface area contributed by atoms with Crippen LogP contribution in [-0.2, 0) is 21.4 Å². The summed E-state index contributed by atoms with van der Waals surface area (Å²) in [5.74, 6) is 0. The Balaban J connectivity index is 2.34. The van der Waals surface area contributed by atoms with Crippen LogP contribution in [0.25, 0.3) is 0 Å². The van der Waals surface area contributed by atoms with E-state index in [4.69, 9.17) is 4.74 Å². The van der Waals surface area contributed by atoms with Crippen molar-refractivity contribution >= 4 is 10.0 Å². The minimum absolute atomic E-state index is 0.0995. The van der Waals surface area contributed by atoms with Gasteiger partial charge < -0.3 is 14.4 Å². The second-order valence-corrected chi connectivity index (χ2v) is 7.66. The summed E-state index contributed by atoms with van der Waals surface area (Å²) < 4.78 is 34.3. The Hall–Kier alpha value is -0.890. The van der Waals surface area contributed by atoms with Gasteiger partial charge in [0, 0.05) is 37.6 Å². The van der Waals surface area contributed by atoms with Crippen molar-refractivity contribution in [1.29, 1.82) is 0 Å². The Morgan fingerprint density at radius 1 is 1.48 bits per heavy atom. The van der Waals surface area contributed by atoms with Gasteiger partial charge in [0.2, 0.25) is 10.0 Å². The molecule has 2 rings (SSSR count). The van der Waals surface area contributed by atoms with E-state index in [1.165, 1.54) is 4.31 Å². The van der Waals surface area contributed by atoms with Crippen LogP contribution in [0.3, 0.4) is 0 Å². The minimum Gasteiger partial charge on any atom is -0.390 e. The second kappa shape index (κ2) is 6.48. The minimum atomic E-state index is -3.54. The summed E-state index contributed by atoms with van der Waals surface area (Å²) in [6.07, 6.45) is 2.20. The molecule has 1 atom stereocenters. The quantitative estimate of drug-likeness (QED) is 0.910. The van der Waals surface area contributed by atoms with Gasteiger partial charge in [0.05, 0.1) is 12.7 Å². The Labute approximate surface area is 126 Å². The maximum atomic E-state index is 12.8. The molecule has 1 aromatic rings. The molecule has 120 valence electrons. The highest BCUT2D eigenvalue weighted by atomic mass is 32.2. The normalized spacial score (nSPS) is 21.7. The standard InChI is InChI=1S/C14H24N2O4S/c1-11(2)16-9-14(7-13(16)10-17)21(18,19)15-5-4-6-20-12(3)8-15/h7,9,11-12,17H,4-6,8,10H2,1-3H3. The summed E-state index contributed by atoms with van der Waals surface area (Å²) in [5.41, 5.74) is 0.614. The van der Waals surface area contributed by atoms with Gasteiger partial charge in [-0.1, -0.05) is 0 Å². The van der Waals surface area contributed by atoms with Crippen LogP contribution >= 0.6 is 0 Å². The van der Waals surface area contributed by atoms with Crippen LogP contribution in [-0.4, -0.2) is 48.2 Å². The smallest absolute Gasteiger partial charge is 0.244 e. The molecule has 0 spiro atoms. The molecule has 2 heterocycles. The van der Waals surface area contributed by atoms with Gasteiger partial charge in [0.1, 0.15) is 4.90 Å². The van der Waals surface area contributed by atoms with Crippen LogP contribution in [0.15, 0.2) is 17.2 Å². The van der Waals surface area contributed by atoms with Crippen LogP contribution in [0.4, 0.5) is 0 Å². The van der Waals surface area contributed by atoms with E-state index < -0.39 is 10.0 Å². The molecule has 1 aromatic heterocycles. The number of ether oxygens (including phenoxy) is 1. The first kappa shape index (κ1) is 16.5. The molecular weight excluding hydrogens is 292 g/mol. The van der Waals surface area contributed by atoms with E-state index in [0.29, 0.717) is 31.8 Å². The average Bonchev–Trinajstić information content (AvgIpc) is 2.75. The van der Waals surface area contributed by atoms with Crippen molar-refractivity contribution < 1.29 is 18.3 Å². The summed E-state index contributed by atoms with van der Waals surface area (Å²) in [7, 11) is -3.54. The summed E-state index contributed by atoms with van der Waals surface area (Å²) in [6.45, 7) is 7.04. The molecule has 0 amide bonds. The molecule has 21 heavy (non-hydrogen) atoms. The number of aromatic nitrogens is 1. The van der Waals surface area contributed by atoms with Crippen LogP contribution < -0.4 is 0 Å². The summed E-state index contributed by atoms with van der Waals surface area (Å²) in [4.78, 5) is 0.245. The van der Waals surface area contributed by atoms with E-state index in [1.807, 2.05) is 20.8 Å². The lowest BCUT2D eigenvalue weighted by Crippen LogP contribution is -2.35. The van der Waals surface area contributed by atoms with Gasteiger partial charge in [0.15, 0.2) is 0 Å². The summed E-state index contributed by atoms with van der Waals surface area (Å²) in [5, 5.41) is 9.39. The Morgan fingerprint density at radius 3 is 2.76 bits per heavy atom. The number of nitrogens with zero attached hydrogens (tertiary/aromatic N) is 2. The van der Waals surface area contributed by atoms with Crippen molar-refractivity contribution in [2.75, 3.05) is 19.7 Å². The SMILES string of the molecule is CC1CN(S(=O)(=O)c2cc(CO)n(C(C)C)c2)CCCO1. The highest BCUT2D eigenvalue weighted by Crippen LogP contribution is 2.23. The van der Waals surface area contributed by atoms with Crippen molar-refractivity contribution in [3.8, 4) is 0 Å². The number of hydrogen-bond donors (Lipinski definition) is 1. The maximum Gasteiger partial charge on any atom is 0.244 e. The van der Waals surface area contributed by atoms with Crippen LogP contribution in [0, 0.1) is 0 Å². The Morgan fingerprint density at radius 2 is 2.19 bits per heavy atom. The van der Waals surface area contributed by atoms with Crippen molar-refractivity contribution in [2.45, 2.75) is 50.8 Å². The predicted molar refractivity (Wildman–Crippen MR) is 79.5 cm³/mol. The first-order chi connectivity index (χ1) is 9.86. The molecule has 1 fully saturated rings. The lowest BCUT2D eigenvalue weighted by molar-refractivity contribution is 0.0752. The fourth-order valence-electron chi connectivity index (χ4n) is 2.57. The number of hydrogen-bond acceptors (Lipinski definition) is 4. The molecule has 6 nitrogen and oxygen atoms in total. The van der Waals surface area contributed by atoms with Crippen LogP contribution in [0.5, 0.6) is 0 Å². The summed E-state index contributed by atoms with van der Waals surface area (Å²) in [6, 6.07) is 1.66. The van der Waals surface area contributed by atoms with Crippen molar-refractivity contribution in [2.24, 2.45) is 0 Å². The first-order valence-corrected chi connectivity index (χ1v) is 8.73. The fourth-order valence-corrected chi connectivity index (χ4v) is 4.17. The number of sulfonamides is 1. The van der Waals surface area contributed by atoms with Crippen molar-refractivity contribution in [1.82, 2.24) is 8.87 Å². The van der Waals surface area contributed by atoms with Gasteiger partial charge in [-0.3, -0.25) is 0 Å². The van der Waals surface area contributed by atoms with Gasteiger partial charge in [-0.2, -0.15) is 4.31 Å². The molecule has 1 unspecified atom stereocenters. The molecule has 1 saturated heterocycles. The van der Waals surface area contributed by atoms with Crippen molar-refractivity contribution in [3.05, 3.63) is 18.0 Å². The fraction of sp³-hybridized carbons (Fsp3) is 0.714. The molecule has 7 heteroatoms. The van der Waals surface area contributed by atoms with E-state index >= 15 is 0 Å². The zero-order valence-electron chi connectivity index (χ0n) is 12.8. The van der Waals surface area contributed by atoms with Crippen molar-refractivity contribution in [3.63, 3.8) is 0 Å². The zero-order valence-corrected chi connectivity index (χ0v) is 13.6. The van der Waals surface area contributed by atoms with E-state index in [0.717, 1.165) is 0 Å². The number of rotatable bonds is 4. The zero-order chi connectivity index (χ0) is 15.6. The van der Waals surface area contributed by atoms with E-state index in [-0.39, 0.29) is 23.6 Å². The van der Waals surface area contributed by atoms with E-state index in [1.54, 1.807) is 16.8 Å². The van der Waals surface area contributed by atoms with Crippen LogP contribution in [0.1, 0.15) is 38.9 Å². The monoisotopic (exact) mass is 316 g/mol. The van der Waals surface area contributed by atoms with Crippen LogP contribution in [0.2, 0.25) is 0 Å². The third kappa shape index (κ3) is 3.48. The molecule has 0 saturated carbocycles. The number of aliphatic hydroxyl groups is 1. The molecule has 0 radical (unpaired) electrons. The molecular formula is C14H24N2O4S. The Kier molecular flexibility index (Phi) is 5.08. The lowest BCUT2D eigenvalue weighted by Gasteiger charge is -2.20. The number of aliphatic hydroxyl groups excluding tert-OH is 1. The molecule has 1 N–H and O–H groups in total. The van der Waals surface area contributed by atoms with Gasteiger partial charge in [-0.05, 0) is 33.3 Å². The highest BCUT2D eigenvalue weighted by molar-refractivity contribution is 7.89. The maximum absolute atomic E-state index is 12.8. The van der Waals surface area contributed by atoms with Gasteiger partial charge in [-0.15, -0.1) is 0 Å². The largest absolute Gasteiger partial charge is 0.390 e. The highest BCUT2D eigenvalue weighted by Gasteiger charge is 2.29. The Bertz CT molecular complexity index is 580. The van der Waals surface area contributed by atoms with Gasteiger partial charge in [0.25, 0.3) is 0 Å². The van der Waals surface area contributed by atoms with Gasteiger partial charge in [-0.25, -0.2) is 8.42 Å². The first-order valence-electron chi connectivity index (χ1n) is 7.29. The third-order valence-electron chi connectivity index (χ3n) is 3.68. The molecule has 0 bridgehead atoms.